The summed E-state index contributed by atoms with van der Waals surface area (Å²) in [5.41, 5.74) is 3.82. The van der Waals surface area contributed by atoms with Crippen LogP contribution in [-0.2, 0) is 6.42 Å². The normalized spacial score (nSPS) is 13.7. The lowest BCUT2D eigenvalue weighted by atomic mass is 10.0. The highest BCUT2D eigenvalue weighted by Crippen LogP contribution is 2.28. The number of piperazine rings is 1. The van der Waals surface area contributed by atoms with Crippen molar-refractivity contribution >= 4 is 29.1 Å². The van der Waals surface area contributed by atoms with Gasteiger partial charge in [0, 0.05) is 54.6 Å². The summed E-state index contributed by atoms with van der Waals surface area (Å²) in [5, 5.41) is 3.70. The summed E-state index contributed by atoms with van der Waals surface area (Å²) in [6.45, 7) is 6.53. The van der Waals surface area contributed by atoms with Crippen molar-refractivity contribution in [1.29, 1.82) is 0 Å². The van der Waals surface area contributed by atoms with Gasteiger partial charge >= 0.3 is 6.03 Å². The Morgan fingerprint density at radius 1 is 1.03 bits per heavy atom. The number of hydrogen-bond donors (Lipinski definition) is 1. The molecule has 0 radical (unpaired) electrons. The van der Waals surface area contributed by atoms with E-state index in [1.54, 1.807) is 7.11 Å². The van der Waals surface area contributed by atoms with Crippen LogP contribution in [0.4, 0.5) is 16.3 Å². The topological polar surface area (TPSA) is 70.6 Å². The predicted octanol–water partition coefficient (Wildman–Crippen LogP) is 4.70. The third kappa shape index (κ3) is 5.37. The first-order valence-corrected chi connectivity index (χ1v) is 11.3. The number of amides is 2. The molecule has 1 aliphatic rings. The van der Waals surface area contributed by atoms with Crippen LogP contribution in [0.1, 0.15) is 22.6 Å². The van der Waals surface area contributed by atoms with Crippen LogP contribution in [0.5, 0.6) is 5.75 Å². The maximum absolute atomic E-state index is 12.7. The van der Waals surface area contributed by atoms with E-state index >= 15 is 0 Å². The largest absolute Gasteiger partial charge is 0.497 e. The van der Waals surface area contributed by atoms with Gasteiger partial charge in [-0.3, -0.25) is 0 Å². The zero-order chi connectivity index (χ0) is 23.4. The number of methoxy groups -OCH3 is 1. The molecule has 0 saturated carbocycles. The molecule has 0 spiro atoms. The van der Waals surface area contributed by atoms with Gasteiger partial charge in [-0.15, -0.1) is 0 Å². The number of aryl methyl sites for hydroxylation is 2. The Balaban J connectivity index is 1.45. The number of nitrogens with one attached hydrogen (secondary N) is 1. The number of aromatic nitrogens is 2. The van der Waals surface area contributed by atoms with Gasteiger partial charge in [0.1, 0.15) is 17.4 Å². The van der Waals surface area contributed by atoms with Crippen molar-refractivity contribution in [3.05, 3.63) is 76.2 Å². The van der Waals surface area contributed by atoms with E-state index in [1.807, 2.05) is 67.3 Å². The van der Waals surface area contributed by atoms with Crippen LogP contribution in [0.25, 0.3) is 0 Å². The predicted molar refractivity (Wildman–Crippen MR) is 132 cm³/mol. The van der Waals surface area contributed by atoms with E-state index in [2.05, 4.69) is 15.2 Å². The highest BCUT2D eigenvalue weighted by atomic mass is 35.5. The third-order valence-corrected chi connectivity index (χ3v) is 6.21. The Bertz CT molecular complexity index is 1130. The Morgan fingerprint density at radius 3 is 2.39 bits per heavy atom. The third-order valence-electron chi connectivity index (χ3n) is 5.84. The van der Waals surface area contributed by atoms with E-state index in [4.69, 9.17) is 21.3 Å². The maximum atomic E-state index is 12.7. The van der Waals surface area contributed by atoms with E-state index in [1.165, 1.54) is 0 Å². The van der Waals surface area contributed by atoms with Crippen molar-refractivity contribution in [2.75, 3.05) is 43.5 Å². The summed E-state index contributed by atoms with van der Waals surface area (Å²) >= 11 is 6.42. The van der Waals surface area contributed by atoms with Gasteiger partial charge in [0.05, 0.1) is 7.11 Å². The lowest BCUT2D eigenvalue weighted by Crippen LogP contribution is -2.50. The average Bonchev–Trinajstić information content (AvgIpc) is 2.82. The molecular formula is C25H28ClN5O2. The molecule has 172 valence electrons. The van der Waals surface area contributed by atoms with Crippen LogP contribution >= 0.6 is 11.6 Å². The van der Waals surface area contributed by atoms with Gasteiger partial charge in [-0.1, -0.05) is 29.8 Å². The summed E-state index contributed by atoms with van der Waals surface area (Å²) in [5.74, 6) is 2.42. The summed E-state index contributed by atoms with van der Waals surface area (Å²) in [6, 6.07) is 15.1. The number of nitrogens with zero attached hydrogens (tertiary/aromatic N) is 4. The van der Waals surface area contributed by atoms with Crippen LogP contribution in [0, 0.1) is 13.8 Å². The average molecular weight is 466 g/mol. The van der Waals surface area contributed by atoms with Crippen LogP contribution in [0.2, 0.25) is 5.02 Å². The fourth-order valence-electron chi connectivity index (χ4n) is 4.02. The number of ether oxygens (including phenoxy) is 1. The van der Waals surface area contributed by atoms with Crippen molar-refractivity contribution in [1.82, 2.24) is 14.9 Å². The monoisotopic (exact) mass is 465 g/mol. The smallest absolute Gasteiger partial charge is 0.321 e. The molecule has 0 bridgehead atoms. The fourth-order valence-corrected chi connectivity index (χ4v) is 4.22. The summed E-state index contributed by atoms with van der Waals surface area (Å²) in [4.78, 5) is 26.2. The highest BCUT2D eigenvalue weighted by Gasteiger charge is 2.25. The van der Waals surface area contributed by atoms with Crippen LogP contribution in [-0.4, -0.2) is 54.2 Å². The second kappa shape index (κ2) is 10.1. The van der Waals surface area contributed by atoms with Gasteiger partial charge in [-0.25, -0.2) is 14.8 Å². The molecule has 2 heterocycles. The number of anilines is 2. The summed E-state index contributed by atoms with van der Waals surface area (Å²) < 4.78 is 5.17. The molecule has 3 aromatic rings. The van der Waals surface area contributed by atoms with Crippen molar-refractivity contribution in [2.24, 2.45) is 0 Å². The van der Waals surface area contributed by atoms with Gasteiger partial charge < -0.3 is 19.9 Å². The molecule has 0 aliphatic carbocycles. The van der Waals surface area contributed by atoms with Gasteiger partial charge in [0.2, 0.25) is 0 Å². The second-order valence-corrected chi connectivity index (χ2v) is 8.47. The Kier molecular flexibility index (Phi) is 6.99. The van der Waals surface area contributed by atoms with Crippen molar-refractivity contribution < 1.29 is 9.53 Å². The minimum absolute atomic E-state index is 0.105. The van der Waals surface area contributed by atoms with Crippen molar-refractivity contribution in [3.63, 3.8) is 0 Å². The first kappa shape index (κ1) is 22.9. The lowest BCUT2D eigenvalue weighted by molar-refractivity contribution is 0.208. The molecule has 1 fully saturated rings. The molecule has 0 atom stereocenters. The molecule has 0 unspecified atom stereocenters. The molecule has 33 heavy (non-hydrogen) atoms. The van der Waals surface area contributed by atoms with Gasteiger partial charge in [0.25, 0.3) is 0 Å². The molecule has 7 nitrogen and oxygen atoms in total. The standard InChI is InChI=1S/C25H28ClN5O2/c1-17-22(16-19-6-4-5-7-23(19)26)24(28-18(2)27-17)30-12-14-31(15-13-30)25(32)29-20-8-10-21(33-3)11-9-20/h4-11H,12-16H2,1-3H3,(H,29,32). The number of urea groups is 1. The molecule has 2 amide bonds. The van der Waals surface area contributed by atoms with Gasteiger partial charge in [0.15, 0.2) is 0 Å². The number of carbonyl (C=O) groups is 1. The number of benzene rings is 2. The number of rotatable bonds is 5. The summed E-state index contributed by atoms with van der Waals surface area (Å²) in [6.07, 6.45) is 0.666. The number of halogens is 1. The first-order valence-electron chi connectivity index (χ1n) is 11.0. The van der Waals surface area contributed by atoms with E-state index in [0.717, 1.165) is 44.9 Å². The van der Waals surface area contributed by atoms with Crippen LogP contribution in [0.3, 0.4) is 0 Å². The Hall–Kier alpha value is -3.32. The molecule has 1 aromatic heterocycles. The molecule has 1 saturated heterocycles. The zero-order valence-electron chi connectivity index (χ0n) is 19.1. The molecular weight excluding hydrogens is 438 g/mol. The molecule has 4 rings (SSSR count). The maximum Gasteiger partial charge on any atom is 0.321 e. The van der Waals surface area contributed by atoms with Crippen LogP contribution in [0.15, 0.2) is 48.5 Å². The Labute approximate surface area is 199 Å². The fraction of sp³-hybridized carbons (Fsp3) is 0.320. The Morgan fingerprint density at radius 2 is 1.73 bits per heavy atom. The number of hydrogen-bond acceptors (Lipinski definition) is 5. The minimum atomic E-state index is -0.105. The van der Waals surface area contributed by atoms with E-state index in [-0.39, 0.29) is 6.03 Å². The zero-order valence-corrected chi connectivity index (χ0v) is 19.9. The number of carbonyl (C=O) groups excluding carboxylic acids is 1. The van der Waals surface area contributed by atoms with Crippen LogP contribution < -0.4 is 15.0 Å². The van der Waals surface area contributed by atoms with Gasteiger partial charge in [-0.05, 0) is 49.7 Å². The molecule has 8 heteroatoms. The lowest BCUT2D eigenvalue weighted by Gasteiger charge is -2.36. The van der Waals surface area contributed by atoms with Crippen molar-refractivity contribution in [3.8, 4) is 5.75 Å². The van der Waals surface area contributed by atoms with Crippen molar-refractivity contribution in [2.45, 2.75) is 20.3 Å². The molecule has 2 aromatic carbocycles. The minimum Gasteiger partial charge on any atom is -0.497 e. The second-order valence-electron chi connectivity index (χ2n) is 8.06. The van der Waals surface area contributed by atoms with Gasteiger partial charge in [-0.2, -0.15) is 0 Å². The van der Waals surface area contributed by atoms with E-state index in [9.17, 15) is 4.79 Å². The first-order chi connectivity index (χ1) is 15.9. The molecule has 1 N–H and O–H groups in total. The quantitative estimate of drug-likeness (QED) is 0.591. The SMILES string of the molecule is COc1ccc(NC(=O)N2CCN(c3nc(C)nc(C)c3Cc3ccccc3Cl)CC2)cc1. The van der Waals surface area contributed by atoms with E-state index < -0.39 is 0 Å². The summed E-state index contributed by atoms with van der Waals surface area (Å²) in [7, 11) is 1.62. The van der Waals surface area contributed by atoms with E-state index in [0.29, 0.717) is 32.6 Å². The highest BCUT2D eigenvalue weighted by molar-refractivity contribution is 6.31. The molecule has 1 aliphatic heterocycles.